The first kappa shape index (κ1) is 47.3. The van der Waals surface area contributed by atoms with Crippen LogP contribution in [0.15, 0.2) is 48.5 Å². The minimum atomic E-state index is -3.80. The number of aliphatic hydroxyl groups is 2. The summed E-state index contributed by atoms with van der Waals surface area (Å²) in [7, 11) is 0. The van der Waals surface area contributed by atoms with Crippen LogP contribution < -0.4 is 14.8 Å². The maximum absolute atomic E-state index is 15.7. The second kappa shape index (κ2) is 20.4. The number of rotatable bonds is 18. The van der Waals surface area contributed by atoms with Crippen LogP contribution in [-0.2, 0) is 44.7 Å². The Bertz CT molecular complexity index is 1860. The zero-order chi connectivity index (χ0) is 39.7. The number of hydrogen-bond donors (Lipinski definition) is 3. The molecule has 0 spiro atoms. The van der Waals surface area contributed by atoms with E-state index in [9.17, 15) is 23.8 Å². The summed E-state index contributed by atoms with van der Waals surface area (Å²) >= 11 is 0. The molecule has 0 aliphatic carbocycles. The number of anilines is 1. The van der Waals surface area contributed by atoms with Crippen molar-refractivity contribution in [1.82, 2.24) is 14.8 Å². The molecule has 0 radical (unpaired) electrons. The minimum Gasteiger partial charge on any atom is -0.395 e. The van der Waals surface area contributed by atoms with Gasteiger partial charge in [0.15, 0.2) is 11.5 Å². The van der Waals surface area contributed by atoms with Gasteiger partial charge in [0, 0.05) is 35.8 Å². The van der Waals surface area contributed by atoms with E-state index in [-0.39, 0.29) is 33.6 Å². The number of aryl methyl sites for hydroxylation is 1. The third kappa shape index (κ3) is 11.6. The molecule has 0 saturated carbocycles. The van der Waals surface area contributed by atoms with Crippen LogP contribution in [0.3, 0.4) is 0 Å². The molecule has 0 fully saturated rings. The fraction of sp³-hybridized carbons (Fsp3) is 0.525. The SMILES string of the molecule is CC.CCc1ccc(COCCCCCOCC(C)(C)c2cc3cc(NC(=O)C(C)(C)c4ccc5c(c4)OC(F)(F)O5)c(F)cc3n2CC(O)CO)nn1.P.[Rf]. The Hall–Kier alpha value is -4.81. The molecule has 1 amide bonds. The first-order valence-electron chi connectivity index (χ1n) is 18.4. The summed E-state index contributed by atoms with van der Waals surface area (Å²) < 4.78 is 65.4. The molecule has 56 heavy (non-hydrogen) atoms. The number of unbranched alkanes of at least 4 members (excludes halogenated alkanes) is 2. The van der Waals surface area contributed by atoms with Gasteiger partial charge in [0.05, 0.1) is 60.5 Å². The van der Waals surface area contributed by atoms with Gasteiger partial charge in [-0.15, -0.1) is 8.78 Å². The monoisotopic (exact) mass is 1060 g/mol. The van der Waals surface area contributed by atoms with Gasteiger partial charge in [-0.2, -0.15) is 20.1 Å². The minimum absolute atomic E-state index is 0. The molecule has 11 nitrogen and oxygen atoms in total. The van der Waals surface area contributed by atoms with E-state index in [1.54, 1.807) is 18.4 Å². The standard InChI is InChI=1S/C38H47F3N4O7.C2H6.H3P.Rf/c1-6-26-11-12-27(44-43-26)22-49-14-8-7-9-15-50-23-36(2,3)34-17-24-16-30(29(39)19-31(24)45(34)20-28(47)21-46)42-35(48)37(4,5)25-10-13-32-33(18-25)52-38(40,41)51-32;1-2;;/h10-13,16-19,28,46-47H,6-9,14-15,20-23H2,1-5H3,(H,42,48);1-2H3;1H3;. The summed E-state index contributed by atoms with van der Waals surface area (Å²) in [5.41, 5.74) is 1.39. The summed E-state index contributed by atoms with van der Waals surface area (Å²) in [6.45, 7) is 14.6. The molecule has 1 aliphatic rings. The summed E-state index contributed by atoms with van der Waals surface area (Å²) in [6, 6.07) is 12.6. The number of benzene rings is 2. The summed E-state index contributed by atoms with van der Waals surface area (Å²) in [6.07, 6.45) is -1.43. The topological polar surface area (TPSA) is 137 Å². The van der Waals surface area contributed by atoms with Gasteiger partial charge in [0.1, 0.15) is 5.82 Å². The van der Waals surface area contributed by atoms with Crippen molar-refractivity contribution in [2.45, 2.75) is 111 Å². The summed E-state index contributed by atoms with van der Waals surface area (Å²) in [4.78, 5) is 13.5. The number of nitrogens with one attached hydrogen (secondary N) is 1. The van der Waals surface area contributed by atoms with Crippen molar-refractivity contribution in [2.75, 3.05) is 31.7 Å². The van der Waals surface area contributed by atoms with Crippen LogP contribution in [-0.4, -0.2) is 69.7 Å². The average molecular weight is 1060 g/mol. The third-order valence-electron chi connectivity index (χ3n) is 9.15. The van der Waals surface area contributed by atoms with E-state index in [1.165, 1.54) is 30.3 Å². The van der Waals surface area contributed by atoms with E-state index < -0.39 is 41.6 Å². The Balaban J connectivity index is 0.00000266. The van der Waals surface area contributed by atoms with Gasteiger partial charge in [-0.1, -0.05) is 40.7 Å². The van der Waals surface area contributed by atoms with E-state index in [2.05, 4.69) is 25.0 Å². The predicted molar refractivity (Wildman–Crippen MR) is 211 cm³/mol. The zero-order valence-electron chi connectivity index (χ0n) is 33.6. The van der Waals surface area contributed by atoms with Crippen molar-refractivity contribution in [3.63, 3.8) is 0 Å². The second-order valence-corrected chi connectivity index (χ2v) is 14.2. The molecule has 306 valence electrons. The number of fused-ring (bicyclic) bond motifs is 2. The number of alkyl halides is 2. The Kier molecular flexibility index (Phi) is 17.2. The number of aromatic nitrogens is 3. The molecule has 3 N–H and O–H groups in total. The number of nitrogens with zero attached hydrogens (tertiary/aromatic N) is 3. The van der Waals surface area contributed by atoms with Crippen LogP contribution in [0, 0.1) is 5.82 Å². The Morgan fingerprint density at radius 1 is 0.946 bits per heavy atom. The van der Waals surface area contributed by atoms with Crippen molar-refractivity contribution >= 4 is 32.4 Å². The summed E-state index contributed by atoms with van der Waals surface area (Å²) in [5, 5.41) is 31.6. The fourth-order valence-electron chi connectivity index (χ4n) is 5.97. The Morgan fingerprint density at radius 2 is 1.59 bits per heavy atom. The van der Waals surface area contributed by atoms with Gasteiger partial charge < -0.3 is 39.0 Å². The predicted octanol–water partition coefficient (Wildman–Crippen LogP) is 7.49. The molecular weight excluding hydrogens is 1000 g/mol. The van der Waals surface area contributed by atoms with E-state index in [1.807, 2.05) is 52.8 Å². The average Bonchev–Trinajstić information content (AvgIpc) is 3.66. The number of ether oxygens (including phenoxy) is 4. The van der Waals surface area contributed by atoms with Crippen LogP contribution in [0.2, 0.25) is 0 Å². The molecule has 1 aliphatic heterocycles. The van der Waals surface area contributed by atoms with Crippen LogP contribution in [0.1, 0.15) is 90.4 Å². The van der Waals surface area contributed by atoms with Crippen molar-refractivity contribution < 1.29 is 47.1 Å². The zero-order valence-corrected chi connectivity index (χ0v) is 41.4. The van der Waals surface area contributed by atoms with E-state index in [0.717, 1.165) is 42.8 Å². The third-order valence-corrected chi connectivity index (χ3v) is 9.15. The van der Waals surface area contributed by atoms with Crippen LogP contribution in [0.4, 0.5) is 18.9 Å². The molecule has 0 saturated heterocycles. The van der Waals surface area contributed by atoms with E-state index in [4.69, 9.17) is 9.47 Å². The molecule has 2 aromatic carbocycles. The Morgan fingerprint density at radius 3 is 2.23 bits per heavy atom. The van der Waals surface area contributed by atoms with Crippen molar-refractivity contribution in [3.8, 4) is 11.5 Å². The summed E-state index contributed by atoms with van der Waals surface area (Å²) in [5.74, 6) is -1.65. The molecule has 0 bridgehead atoms. The molecule has 2 atom stereocenters. The normalized spacial score (nSPS) is 13.6. The number of hydrogen-bond acceptors (Lipinski definition) is 9. The quantitative estimate of drug-likeness (QED) is 0.0685. The van der Waals surface area contributed by atoms with Gasteiger partial charge in [-0.3, -0.25) is 4.79 Å². The molecule has 3 heterocycles. The van der Waals surface area contributed by atoms with Gasteiger partial charge in [-0.05, 0) is 81.5 Å². The maximum Gasteiger partial charge on any atom is 0.586 e. The Labute approximate surface area is 324 Å². The van der Waals surface area contributed by atoms with Gasteiger partial charge >= 0.3 is 6.29 Å². The second-order valence-electron chi connectivity index (χ2n) is 14.2. The van der Waals surface area contributed by atoms with Crippen LogP contribution in [0.25, 0.3) is 10.9 Å². The van der Waals surface area contributed by atoms with E-state index in [0.29, 0.717) is 42.9 Å². The van der Waals surface area contributed by atoms with Crippen molar-refractivity contribution in [3.05, 3.63) is 77.0 Å². The number of carbonyl (C=O) groups is 1. The molecular formula is C40H56F3N4O7PRf. The first-order valence-corrected chi connectivity index (χ1v) is 18.4. The fourth-order valence-corrected chi connectivity index (χ4v) is 5.97. The first-order chi connectivity index (χ1) is 25.6. The maximum atomic E-state index is 15.7. The van der Waals surface area contributed by atoms with Gasteiger partial charge in [0.2, 0.25) is 5.91 Å². The molecule has 16 heteroatoms. The number of halogens is 3. The number of carbonyl (C=O) groups excluding carboxylic acids is 1. The van der Waals surface area contributed by atoms with Crippen molar-refractivity contribution in [2.24, 2.45) is 0 Å². The molecule has 2 aromatic heterocycles. The van der Waals surface area contributed by atoms with Crippen molar-refractivity contribution in [1.29, 1.82) is 0 Å². The molecule has 4 aromatic rings. The molecule has 2 unspecified atom stereocenters. The van der Waals surface area contributed by atoms with Gasteiger partial charge in [0.25, 0.3) is 0 Å². The number of amides is 1. The van der Waals surface area contributed by atoms with Gasteiger partial charge in [-0.25, -0.2) is 4.39 Å². The van der Waals surface area contributed by atoms with Crippen LogP contribution in [0.5, 0.6) is 11.5 Å². The van der Waals surface area contributed by atoms with Crippen LogP contribution >= 0.6 is 9.90 Å². The smallest absolute Gasteiger partial charge is 0.395 e. The van der Waals surface area contributed by atoms with E-state index >= 15 is 4.39 Å². The largest absolute Gasteiger partial charge is 0.586 e. The number of aliphatic hydroxyl groups excluding tert-OH is 2. The molecule has 5 rings (SSSR count).